The van der Waals surface area contributed by atoms with Crippen molar-refractivity contribution in [3.63, 3.8) is 0 Å². The van der Waals surface area contributed by atoms with Crippen molar-refractivity contribution >= 4 is 6.08 Å². The molecule has 0 heterocycles. The molecular weight excluding hydrogens is 138 g/mol. The van der Waals surface area contributed by atoms with Gasteiger partial charge in [0.1, 0.15) is 0 Å². The highest BCUT2D eigenvalue weighted by molar-refractivity contribution is 5.36. The minimum atomic E-state index is 0.0115. The van der Waals surface area contributed by atoms with E-state index < -0.39 is 0 Å². The Balaban J connectivity index is 2.65. The standard InChI is InChI=1S/C9H11NO/c1-8(10-7-11)9-5-3-2-4-6-9/h2-3,5,8H,4,6H2,1H3/t8-/m1/s1. The van der Waals surface area contributed by atoms with Crippen LogP contribution in [0.3, 0.4) is 0 Å². The van der Waals surface area contributed by atoms with Gasteiger partial charge in [-0.2, -0.15) is 4.99 Å². The van der Waals surface area contributed by atoms with E-state index in [-0.39, 0.29) is 6.04 Å². The average molecular weight is 149 g/mol. The third-order valence-corrected chi connectivity index (χ3v) is 1.83. The number of hydrogen-bond acceptors (Lipinski definition) is 2. The summed E-state index contributed by atoms with van der Waals surface area (Å²) in [5.74, 6) is 0. The van der Waals surface area contributed by atoms with Gasteiger partial charge < -0.3 is 0 Å². The van der Waals surface area contributed by atoms with Crippen LogP contribution in [-0.2, 0) is 4.79 Å². The topological polar surface area (TPSA) is 29.4 Å². The Kier molecular flexibility index (Phi) is 2.82. The molecule has 0 saturated carbocycles. The molecule has 0 N–H and O–H groups in total. The van der Waals surface area contributed by atoms with Crippen molar-refractivity contribution in [2.45, 2.75) is 25.8 Å². The maximum absolute atomic E-state index is 9.92. The largest absolute Gasteiger partial charge is 0.235 e. The molecule has 0 aromatic heterocycles. The Morgan fingerprint density at radius 1 is 1.73 bits per heavy atom. The summed E-state index contributed by atoms with van der Waals surface area (Å²) >= 11 is 0. The molecule has 0 unspecified atom stereocenters. The van der Waals surface area contributed by atoms with E-state index >= 15 is 0 Å². The Hall–Kier alpha value is -1.14. The van der Waals surface area contributed by atoms with Crippen LogP contribution in [-0.4, -0.2) is 12.1 Å². The third-order valence-electron chi connectivity index (χ3n) is 1.83. The fourth-order valence-electron chi connectivity index (χ4n) is 1.13. The van der Waals surface area contributed by atoms with Crippen LogP contribution in [0.1, 0.15) is 19.8 Å². The molecule has 0 bridgehead atoms. The highest BCUT2D eigenvalue weighted by atomic mass is 16.1. The predicted octanol–water partition coefficient (Wildman–Crippen LogP) is 1.99. The van der Waals surface area contributed by atoms with Crippen molar-refractivity contribution in [1.29, 1.82) is 0 Å². The second-order valence-corrected chi connectivity index (χ2v) is 2.60. The summed E-state index contributed by atoms with van der Waals surface area (Å²) < 4.78 is 0. The van der Waals surface area contributed by atoms with E-state index in [9.17, 15) is 4.79 Å². The zero-order valence-electron chi connectivity index (χ0n) is 6.58. The molecule has 2 nitrogen and oxygen atoms in total. The first-order valence-electron chi connectivity index (χ1n) is 3.77. The molecule has 11 heavy (non-hydrogen) atoms. The van der Waals surface area contributed by atoms with Crippen molar-refractivity contribution in [2.75, 3.05) is 0 Å². The number of nitrogens with zero attached hydrogens (tertiary/aromatic N) is 1. The molecule has 0 fully saturated rings. The van der Waals surface area contributed by atoms with Crippen LogP contribution in [0.25, 0.3) is 0 Å². The lowest BCUT2D eigenvalue weighted by atomic mass is 10.00. The molecule has 1 atom stereocenters. The number of rotatable bonds is 2. The average Bonchev–Trinajstić information content (AvgIpc) is 2.07. The van der Waals surface area contributed by atoms with Crippen LogP contribution in [0.2, 0.25) is 0 Å². The van der Waals surface area contributed by atoms with Gasteiger partial charge in [-0.15, -0.1) is 0 Å². The maximum Gasteiger partial charge on any atom is 0.235 e. The van der Waals surface area contributed by atoms with Crippen LogP contribution in [0, 0.1) is 0 Å². The van der Waals surface area contributed by atoms with Crippen LogP contribution in [0.5, 0.6) is 0 Å². The Labute approximate surface area is 66.3 Å². The summed E-state index contributed by atoms with van der Waals surface area (Å²) in [5, 5.41) is 0. The molecule has 0 radical (unpaired) electrons. The van der Waals surface area contributed by atoms with Crippen molar-refractivity contribution in [1.82, 2.24) is 0 Å². The summed E-state index contributed by atoms with van der Waals surface area (Å²) in [5.41, 5.74) is 1.22. The van der Waals surface area contributed by atoms with E-state index in [0.717, 1.165) is 12.8 Å². The first kappa shape index (κ1) is 7.96. The van der Waals surface area contributed by atoms with E-state index in [2.05, 4.69) is 11.1 Å². The molecule has 0 aromatic carbocycles. The zero-order chi connectivity index (χ0) is 8.10. The quantitative estimate of drug-likeness (QED) is 0.436. The minimum Gasteiger partial charge on any atom is -0.211 e. The monoisotopic (exact) mass is 149 g/mol. The van der Waals surface area contributed by atoms with Crippen molar-refractivity contribution in [3.8, 4) is 0 Å². The first-order valence-corrected chi connectivity index (χ1v) is 3.77. The molecule has 2 heteroatoms. The molecule has 0 spiro atoms. The number of aliphatic imine (C=N–C) groups is 1. The van der Waals surface area contributed by atoms with Crippen molar-refractivity contribution in [2.24, 2.45) is 4.99 Å². The second-order valence-electron chi connectivity index (χ2n) is 2.60. The van der Waals surface area contributed by atoms with E-state index in [1.165, 1.54) is 5.57 Å². The fraction of sp³-hybridized carbons (Fsp3) is 0.444. The summed E-state index contributed by atoms with van der Waals surface area (Å²) in [6.07, 6.45) is 9.80. The summed E-state index contributed by atoms with van der Waals surface area (Å²) in [4.78, 5) is 13.6. The van der Waals surface area contributed by atoms with Gasteiger partial charge in [-0.25, -0.2) is 4.79 Å². The summed E-state index contributed by atoms with van der Waals surface area (Å²) in [6.45, 7) is 1.91. The fourth-order valence-corrected chi connectivity index (χ4v) is 1.13. The van der Waals surface area contributed by atoms with Gasteiger partial charge >= 0.3 is 0 Å². The second kappa shape index (κ2) is 3.89. The Bertz CT molecular complexity index is 234. The van der Waals surface area contributed by atoms with Gasteiger partial charge in [-0.3, -0.25) is 0 Å². The molecule has 0 amide bonds. The SMILES string of the molecule is C[C@@H](N=C=O)C1=CC=CCC1. The van der Waals surface area contributed by atoms with Crippen molar-refractivity contribution in [3.05, 3.63) is 23.8 Å². The molecule has 1 aliphatic carbocycles. The van der Waals surface area contributed by atoms with Crippen LogP contribution < -0.4 is 0 Å². The van der Waals surface area contributed by atoms with Crippen LogP contribution >= 0.6 is 0 Å². The van der Waals surface area contributed by atoms with Gasteiger partial charge in [0.25, 0.3) is 0 Å². The minimum absolute atomic E-state index is 0.0115. The van der Waals surface area contributed by atoms with Gasteiger partial charge in [0, 0.05) is 0 Å². The van der Waals surface area contributed by atoms with E-state index in [1.807, 2.05) is 19.1 Å². The van der Waals surface area contributed by atoms with E-state index in [1.54, 1.807) is 6.08 Å². The van der Waals surface area contributed by atoms with E-state index in [0.29, 0.717) is 0 Å². The zero-order valence-corrected chi connectivity index (χ0v) is 6.58. The van der Waals surface area contributed by atoms with Gasteiger partial charge in [0.15, 0.2) is 0 Å². The highest BCUT2D eigenvalue weighted by Crippen LogP contribution is 2.16. The van der Waals surface area contributed by atoms with Crippen LogP contribution in [0.15, 0.2) is 28.8 Å². The number of isocyanates is 1. The lowest BCUT2D eigenvalue weighted by molar-refractivity contribution is 0.560. The first-order chi connectivity index (χ1) is 5.34. The summed E-state index contributed by atoms with van der Waals surface area (Å²) in [6, 6.07) is 0.0115. The third kappa shape index (κ3) is 2.17. The highest BCUT2D eigenvalue weighted by Gasteiger charge is 2.06. The number of allylic oxidation sites excluding steroid dienone is 3. The molecule has 1 rings (SSSR count). The van der Waals surface area contributed by atoms with Gasteiger partial charge in [0.2, 0.25) is 6.08 Å². The Morgan fingerprint density at radius 3 is 3.09 bits per heavy atom. The lowest BCUT2D eigenvalue weighted by Crippen LogP contribution is -2.03. The molecular formula is C9H11NO. The molecule has 0 aliphatic heterocycles. The summed E-state index contributed by atoms with van der Waals surface area (Å²) in [7, 11) is 0. The van der Waals surface area contributed by atoms with Gasteiger partial charge in [-0.05, 0) is 25.3 Å². The van der Waals surface area contributed by atoms with Crippen LogP contribution in [0.4, 0.5) is 0 Å². The Morgan fingerprint density at radius 2 is 2.55 bits per heavy atom. The lowest BCUT2D eigenvalue weighted by Gasteiger charge is -2.10. The molecule has 0 aromatic rings. The molecule has 0 saturated heterocycles. The number of hydrogen-bond donors (Lipinski definition) is 0. The predicted molar refractivity (Wildman–Crippen MR) is 44.0 cm³/mol. The van der Waals surface area contributed by atoms with Gasteiger partial charge in [0.05, 0.1) is 6.04 Å². The smallest absolute Gasteiger partial charge is 0.211 e. The van der Waals surface area contributed by atoms with Gasteiger partial charge in [-0.1, -0.05) is 18.2 Å². The molecule has 58 valence electrons. The normalized spacial score (nSPS) is 18.5. The molecule has 1 aliphatic rings. The van der Waals surface area contributed by atoms with E-state index in [4.69, 9.17) is 0 Å². The van der Waals surface area contributed by atoms with Crippen molar-refractivity contribution < 1.29 is 4.79 Å². The number of carbonyl (C=O) groups excluding carboxylic acids is 1. The maximum atomic E-state index is 9.92.